The molecule has 4 rings (SSSR count). The zero-order valence-electron chi connectivity index (χ0n) is 20.1. The number of allylic oxidation sites excluding steroid dienone is 6. The van der Waals surface area contributed by atoms with Gasteiger partial charge in [0.15, 0.2) is 0 Å². The molecule has 1 aromatic rings. The molecular formula is C27H34FN5. The van der Waals surface area contributed by atoms with Crippen LogP contribution in [0.4, 0.5) is 4.39 Å². The number of rotatable bonds is 6. The molecule has 3 aliphatic heterocycles. The van der Waals surface area contributed by atoms with Gasteiger partial charge in [-0.3, -0.25) is 10.6 Å². The first kappa shape index (κ1) is 23.3. The second-order valence-corrected chi connectivity index (χ2v) is 9.16. The average Bonchev–Trinajstić information content (AvgIpc) is 3.44. The molecule has 0 amide bonds. The third-order valence-electron chi connectivity index (χ3n) is 6.80. The number of halogens is 1. The van der Waals surface area contributed by atoms with E-state index in [1.54, 1.807) is 6.07 Å². The summed E-state index contributed by atoms with van der Waals surface area (Å²) in [6.45, 7) is 18.3. The maximum atomic E-state index is 14.2. The predicted octanol–water partition coefficient (Wildman–Crippen LogP) is 4.78. The number of nitrogens with one attached hydrogen (secondary N) is 2. The van der Waals surface area contributed by atoms with Crippen LogP contribution in [-0.4, -0.2) is 41.6 Å². The predicted molar refractivity (Wildman–Crippen MR) is 135 cm³/mol. The molecule has 0 saturated carbocycles. The van der Waals surface area contributed by atoms with Gasteiger partial charge in [0.1, 0.15) is 5.82 Å². The van der Waals surface area contributed by atoms with Crippen LogP contribution in [0.5, 0.6) is 0 Å². The Morgan fingerprint density at radius 3 is 2.61 bits per heavy atom. The highest BCUT2D eigenvalue weighted by Crippen LogP contribution is 2.44. The molecule has 0 aromatic heterocycles. The zero-order valence-corrected chi connectivity index (χ0v) is 20.1. The summed E-state index contributed by atoms with van der Waals surface area (Å²) >= 11 is 0. The van der Waals surface area contributed by atoms with E-state index in [2.05, 4.69) is 45.8 Å². The molecule has 0 aliphatic carbocycles. The van der Waals surface area contributed by atoms with Crippen molar-refractivity contribution in [2.24, 2.45) is 10.2 Å². The molecule has 1 atom stereocenters. The first-order valence-corrected chi connectivity index (χ1v) is 11.7. The standard InChI is InChI=1S/C27H34FN5/c1-7-22-18(4)26(24-10-11-25(33(24)20(22)6)27-29-12-13-30-27)19(5)32-31-17(3)15-21-9-8-16(2)14-23(21)28/h7-9,14,25,27,29-30H,1,4,10-13,15H2,2-3,5-6H3/b31-17+,32-19+. The van der Waals surface area contributed by atoms with Crippen LogP contribution < -0.4 is 10.6 Å². The lowest BCUT2D eigenvalue weighted by Gasteiger charge is -2.38. The molecule has 3 heterocycles. The van der Waals surface area contributed by atoms with E-state index >= 15 is 0 Å². The van der Waals surface area contributed by atoms with Gasteiger partial charge in [-0.15, -0.1) is 0 Å². The lowest BCUT2D eigenvalue weighted by atomic mass is 9.89. The van der Waals surface area contributed by atoms with Crippen molar-refractivity contribution in [3.05, 3.63) is 82.5 Å². The van der Waals surface area contributed by atoms with Crippen LogP contribution in [-0.2, 0) is 6.42 Å². The van der Waals surface area contributed by atoms with E-state index in [1.807, 2.05) is 39.0 Å². The topological polar surface area (TPSA) is 52.0 Å². The van der Waals surface area contributed by atoms with Gasteiger partial charge in [0.05, 0.1) is 17.9 Å². The Labute approximate surface area is 196 Å². The van der Waals surface area contributed by atoms with Crippen LogP contribution in [0, 0.1) is 12.7 Å². The van der Waals surface area contributed by atoms with Gasteiger partial charge < -0.3 is 4.90 Å². The van der Waals surface area contributed by atoms with Gasteiger partial charge >= 0.3 is 0 Å². The minimum absolute atomic E-state index is 0.200. The first-order chi connectivity index (χ1) is 15.8. The van der Waals surface area contributed by atoms with Crippen molar-refractivity contribution in [3.63, 3.8) is 0 Å². The van der Waals surface area contributed by atoms with Crippen molar-refractivity contribution in [1.82, 2.24) is 15.5 Å². The monoisotopic (exact) mass is 447 g/mol. The van der Waals surface area contributed by atoms with E-state index in [9.17, 15) is 4.39 Å². The van der Waals surface area contributed by atoms with Gasteiger partial charge in [-0.25, -0.2) is 4.39 Å². The summed E-state index contributed by atoms with van der Waals surface area (Å²) in [5.74, 6) is -0.200. The second kappa shape index (κ2) is 9.57. The average molecular weight is 448 g/mol. The van der Waals surface area contributed by atoms with Crippen molar-refractivity contribution in [2.75, 3.05) is 13.1 Å². The molecule has 174 valence electrons. The molecule has 2 N–H and O–H groups in total. The van der Waals surface area contributed by atoms with Gasteiger partial charge in [0, 0.05) is 47.8 Å². The maximum absolute atomic E-state index is 14.2. The van der Waals surface area contributed by atoms with Crippen molar-refractivity contribution < 1.29 is 4.39 Å². The molecule has 2 fully saturated rings. The van der Waals surface area contributed by atoms with Crippen LogP contribution in [0.2, 0.25) is 0 Å². The van der Waals surface area contributed by atoms with E-state index in [4.69, 9.17) is 0 Å². The molecular weight excluding hydrogens is 413 g/mol. The SMILES string of the molecule is C=CC1=C(C)N2C(=C(/C(C)=N/N=C(\C)Cc3ccc(C)cc3F)C1=C)CCC2C1NCCN1. The van der Waals surface area contributed by atoms with Crippen molar-refractivity contribution in [2.45, 2.75) is 59.2 Å². The van der Waals surface area contributed by atoms with Gasteiger partial charge in [0.25, 0.3) is 0 Å². The molecule has 0 radical (unpaired) electrons. The molecule has 1 unspecified atom stereocenters. The summed E-state index contributed by atoms with van der Waals surface area (Å²) in [5.41, 5.74) is 8.62. The number of fused-ring (bicyclic) bond motifs is 1. The minimum Gasteiger partial charge on any atom is -0.342 e. The van der Waals surface area contributed by atoms with Crippen LogP contribution in [0.25, 0.3) is 0 Å². The largest absolute Gasteiger partial charge is 0.342 e. The Bertz CT molecular complexity index is 1100. The number of benzene rings is 1. The Balaban J connectivity index is 1.64. The molecule has 33 heavy (non-hydrogen) atoms. The summed E-state index contributed by atoms with van der Waals surface area (Å²) in [5, 5.41) is 16.2. The van der Waals surface area contributed by atoms with Crippen LogP contribution >= 0.6 is 0 Å². The highest BCUT2D eigenvalue weighted by Gasteiger charge is 2.41. The zero-order chi connectivity index (χ0) is 23.7. The molecule has 1 aromatic carbocycles. The number of nitrogens with zero attached hydrogens (tertiary/aromatic N) is 3. The first-order valence-electron chi connectivity index (χ1n) is 11.7. The van der Waals surface area contributed by atoms with Gasteiger partial charge in [0.2, 0.25) is 0 Å². The fraction of sp³-hybridized carbons (Fsp3) is 0.407. The highest BCUT2D eigenvalue weighted by atomic mass is 19.1. The number of hydrogen-bond acceptors (Lipinski definition) is 5. The van der Waals surface area contributed by atoms with Crippen LogP contribution in [0.15, 0.2) is 75.7 Å². The molecule has 3 aliphatic rings. The lowest BCUT2D eigenvalue weighted by Crippen LogP contribution is -2.49. The number of aryl methyl sites for hydroxylation is 1. The summed E-state index contributed by atoms with van der Waals surface area (Å²) in [7, 11) is 0. The van der Waals surface area contributed by atoms with E-state index in [0.29, 0.717) is 18.0 Å². The third-order valence-corrected chi connectivity index (χ3v) is 6.80. The minimum atomic E-state index is -0.200. The second-order valence-electron chi connectivity index (χ2n) is 9.16. The summed E-state index contributed by atoms with van der Waals surface area (Å²) in [4.78, 5) is 2.44. The Morgan fingerprint density at radius 2 is 1.94 bits per heavy atom. The van der Waals surface area contributed by atoms with Crippen LogP contribution in [0.3, 0.4) is 0 Å². The quantitative estimate of drug-likeness (QED) is 0.487. The maximum Gasteiger partial charge on any atom is 0.127 e. The van der Waals surface area contributed by atoms with E-state index in [0.717, 1.165) is 59.6 Å². The molecule has 0 spiro atoms. The summed E-state index contributed by atoms with van der Waals surface area (Å²) in [6, 6.07) is 5.63. The highest BCUT2D eigenvalue weighted by molar-refractivity contribution is 6.05. The van der Waals surface area contributed by atoms with Crippen molar-refractivity contribution in [1.29, 1.82) is 0 Å². The van der Waals surface area contributed by atoms with Gasteiger partial charge in [-0.2, -0.15) is 10.2 Å². The van der Waals surface area contributed by atoms with E-state index in [-0.39, 0.29) is 12.0 Å². The summed E-state index contributed by atoms with van der Waals surface area (Å²) in [6.07, 6.45) is 4.60. The molecule has 2 saturated heterocycles. The Kier molecular flexibility index (Phi) is 6.77. The van der Waals surface area contributed by atoms with Crippen LogP contribution in [0.1, 0.15) is 44.7 Å². The Morgan fingerprint density at radius 1 is 1.21 bits per heavy atom. The van der Waals surface area contributed by atoms with Gasteiger partial charge in [-0.1, -0.05) is 31.4 Å². The molecule has 5 nitrogen and oxygen atoms in total. The third kappa shape index (κ3) is 4.50. The smallest absolute Gasteiger partial charge is 0.127 e. The fourth-order valence-corrected chi connectivity index (χ4v) is 5.22. The molecule has 0 bridgehead atoms. The summed E-state index contributed by atoms with van der Waals surface area (Å²) < 4.78 is 14.2. The van der Waals surface area contributed by atoms with Crippen molar-refractivity contribution in [3.8, 4) is 0 Å². The van der Waals surface area contributed by atoms with E-state index < -0.39 is 0 Å². The number of hydrogen-bond donors (Lipinski definition) is 2. The fourth-order valence-electron chi connectivity index (χ4n) is 5.22. The normalized spacial score (nSPS) is 22.5. The van der Waals surface area contributed by atoms with Crippen molar-refractivity contribution >= 4 is 11.4 Å². The molecule has 6 heteroatoms. The Hall–Kier alpha value is -2.83. The van der Waals surface area contributed by atoms with Gasteiger partial charge in [-0.05, 0) is 63.3 Å². The lowest BCUT2D eigenvalue weighted by molar-refractivity contribution is 0.275. The van der Waals surface area contributed by atoms with E-state index in [1.165, 1.54) is 11.4 Å².